The first-order chi connectivity index (χ1) is 11.6. The summed E-state index contributed by atoms with van der Waals surface area (Å²) in [5, 5.41) is 0.586. The zero-order valence-corrected chi connectivity index (χ0v) is 17.0. The van der Waals surface area contributed by atoms with E-state index >= 15 is 0 Å². The zero-order valence-electron chi connectivity index (χ0n) is 14.6. The third kappa shape index (κ3) is 4.78. The summed E-state index contributed by atoms with van der Waals surface area (Å²) in [5.41, 5.74) is 0.218. The molecule has 1 aromatic rings. The van der Waals surface area contributed by atoms with Crippen molar-refractivity contribution >= 4 is 44.8 Å². The first-order valence-electron chi connectivity index (χ1n) is 8.22. The summed E-state index contributed by atoms with van der Waals surface area (Å²) in [6.45, 7) is 7.69. The van der Waals surface area contributed by atoms with Crippen molar-refractivity contribution in [1.29, 1.82) is 0 Å². The van der Waals surface area contributed by atoms with Crippen molar-refractivity contribution in [2.45, 2.75) is 19.9 Å². The van der Waals surface area contributed by atoms with Gasteiger partial charge in [-0.15, -0.1) is 0 Å². The van der Waals surface area contributed by atoms with Crippen LogP contribution in [0.5, 0.6) is 0 Å². The lowest BCUT2D eigenvalue weighted by Crippen LogP contribution is -3.14. The minimum Gasteiger partial charge on any atom is -0.332 e. The van der Waals surface area contributed by atoms with Crippen LogP contribution < -0.4 is 9.21 Å². The average Bonchev–Trinajstić information content (AvgIpc) is 2.56. The summed E-state index contributed by atoms with van der Waals surface area (Å²) in [6, 6.07) is 3.67. The second-order valence-electron chi connectivity index (χ2n) is 6.26. The molecule has 25 heavy (non-hydrogen) atoms. The molecule has 1 amide bonds. The fourth-order valence-electron chi connectivity index (χ4n) is 3.09. The summed E-state index contributed by atoms with van der Waals surface area (Å²) in [5.74, 6) is -0.225. The summed E-state index contributed by atoms with van der Waals surface area (Å²) in [6.07, 6.45) is 1.06. The number of anilines is 1. The van der Waals surface area contributed by atoms with Crippen LogP contribution in [0, 0.1) is 0 Å². The van der Waals surface area contributed by atoms with E-state index in [0.717, 1.165) is 30.2 Å². The number of halogens is 2. The average molecular weight is 409 g/mol. The molecule has 140 valence electrons. The summed E-state index contributed by atoms with van der Waals surface area (Å²) in [4.78, 5) is 16.0. The lowest BCUT2D eigenvalue weighted by atomic mass is 10.2. The molecule has 1 saturated heterocycles. The third-order valence-electron chi connectivity index (χ3n) is 4.49. The Kier molecular flexibility index (Phi) is 6.59. The van der Waals surface area contributed by atoms with Gasteiger partial charge in [0.15, 0.2) is 0 Å². The molecule has 0 saturated carbocycles. The molecule has 0 spiro atoms. The van der Waals surface area contributed by atoms with E-state index in [2.05, 4.69) is 6.92 Å². The summed E-state index contributed by atoms with van der Waals surface area (Å²) < 4.78 is 25.8. The first-order valence-corrected chi connectivity index (χ1v) is 10.8. The van der Waals surface area contributed by atoms with Crippen molar-refractivity contribution < 1.29 is 18.1 Å². The third-order valence-corrected chi connectivity index (χ3v) is 6.28. The topological polar surface area (TPSA) is 62.1 Å². The molecule has 6 nitrogen and oxygen atoms in total. The molecule has 9 heteroatoms. The normalized spacial score (nSPS) is 17.4. The van der Waals surface area contributed by atoms with Crippen LogP contribution in [0.4, 0.5) is 5.69 Å². The molecule has 0 radical (unpaired) electrons. The highest BCUT2D eigenvalue weighted by Crippen LogP contribution is 2.32. The Bertz CT molecular complexity index is 734. The standard InChI is InChI=1S/C16H23Cl2N3O3S/c1-4-19-7-9-20(10-8-19)16(22)12(2)21(25(3,23)24)15-11-13(17)5-6-14(15)18/h5-6,11-12H,4,7-10H2,1-3H3/p+1/t12-/m0/s1. The molecular weight excluding hydrogens is 385 g/mol. The molecule has 1 N–H and O–H groups in total. The van der Waals surface area contributed by atoms with Crippen LogP contribution in [0.15, 0.2) is 18.2 Å². The Labute approximate surface area is 159 Å². The minimum atomic E-state index is -3.72. The number of piperazine rings is 1. The first kappa shape index (κ1) is 20.3. The lowest BCUT2D eigenvalue weighted by molar-refractivity contribution is -0.902. The molecule has 1 heterocycles. The number of rotatable bonds is 5. The van der Waals surface area contributed by atoms with Gasteiger partial charge < -0.3 is 9.80 Å². The fourth-order valence-corrected chi connectivity index (χ4v) is 4.69. The number of nitrogens with one attached hydrogen (secondary N) is 1. The van der Waals surface area contributed by atoms with E-state index in [0.29, 0.717) is 18.1 Å². The van der Waals surface area contributed by atoms with Gasteiger partial charge in [0.25, 0.3) is 0 Å². The predicted octanol–water partition coefficient (Wildman–Crippen LogP) is 0.895. The molecule has 0 bridgehead atoms. The number of carbonyl (C=O) groups is 1. The van der Waals surface area contributed by atoms with Crippen LogP contribution in [0.25, 0.3) is 0 Å². The van der Waals surface area contributed by atoms with E-state index < -0.39 is 16.1 Å². The second kappa shape index (κ2) is 8.12. The van der Waals surface area contributed by atoms with E-state index in [1.165, 1.54) is 17.0 Å². The quantitative estimate of drug-likeness (QED) is 0.786. The number of hydrogen-bond donors (Lipinski definition) is 1. The summed E-state index contributed by atoms with van der Waals surface area (Å²) in [7, 11) is -3.72. The molecule has 1 fully saturated rings. The highest BCUT2D eigenvalue weighted by atomic mass is 35.5. The van der Waals surface area contributed by atoms with E-state index in [1.54, 1.807) is 17.9 Å². The largest absolute Gasteiger partial charge is 0.332 e. The van der Waals surface area contributed by atoms with E-state index in [1.807, 2.05) is 0 Å². The Balaban J connectivity index is 2.29. The van der Waals surface area contributed by atoms with E-state index in [-0.39, 0.29) is 16.6 Å². The van der Waals surface area contributed by atoms with Gasteiger partial charge in [-0.1, -0.05) is 23.2 Å². The van der Waals surface area contributed by atoms with Gasteiger partial charge in [0.1, 0.15) is 6.04 Å². The fraction of sp³-hybridized carbons (Fsp3) is 0.562. The van der Waals surface area contributed by atoms with Crippen molar-refractivity contribution in [3.63, 3.8) is 0 Å². The lowest BCUT2D eigenvalue weighted by Gasteiger charge is -2.36. The zero-order chi connectivity index (χ0) is 18.8. The van der Waals surface area contributed by atoms with Crippen molar-refractivity contribution in [1.82, 2.24) is 4.90 Å². The van der Waals surface area contributed by atoms with Crippen LogP contribution in [0.2, 0.25) is 10.0 Å². The molecule has 2 rings (SSSR count). The van der Waals surface area contributed by atoms with Crippen molar-refractivity contribution in [2.75, 3.05) is 43.3 Å². The van der Waals surface area contributed by atoms with Gasteiger partial charge in [-0.25, -0.2) is 8.42 Å². The van der Waals surface area contributed by atoms with Gasteiger partial charge in [-0.2, -0.15) is 0 Å². The molecular formula is C16H24Cl2N3O3S+. The number of likely N-dealkylation sites (N-methyl/N-ethyl adjacent to an activating group) is 1. The van der Waals surface area contributed by atoms with Gasteiger partial charge in [-0.3, -0.25) is 9.10 Å². The number of carbonyl (C=O) groups excluding carboxylic acids is 1. The number of hydrogen-bond acceptors (Lipinski definition) is 3. The van der Waals surface area contributed by atoms with Gasteiger partial charge >= 0.3 is 0 Å². The van der Waals surface area contributed by atoms with Crippen LogP contribution in [0.1, 0.15) is 13.8 Å². The Morgan fingerprint density at radius 3 is 2.44 bits per heavy atom. The minimum absolute atomic E-state index is 0.218. The second-order valence-corrected chi connectivity index (χ2v) is 8.96. The van der Waals surface area contributed by atoms with Gasteiger partial charge in [-0.05, 0) is 32.0 Å². The van der Waals surface area contributed by atoms with Gasteiger partial charge in [0.2, 0.25) is 15.9 Å². The molecule has 0 unspecified atom stereocenters. The number of quaternary nitrogens is 1. The highest BCUT2D eigenvalue weighted by molar-refractivity contribution is 7.92. The van der Waals surface area contributed by atoms with Gasteiger partial charge in [0.05, 0.1) is 49.7 Å². The number of amides is 1. The maximum atomic E-state index is 12.9. The Morgan fingerprint density at radius 2 is 1.92 bits per heavy atom. The highest BCUT2D eigenvalue weighted by Gasteiger charge is 2.34. The molecule has 1 aliphatic rings. The monoisotopic (exact) mass is 408 g/mol. The van der Waals surface area contributed by atoms with Gasteiger partial charge in [0, 0.05) is 5.02 Å². The number of sulfonamides is 1. The van der Waals surface area contributed by atoms with E-state index in [4.69, 9.17) is 23.2 Å². The maximum Gasteiger partial charge on any atom is 0.246 e. The molecule has 1 atom stereocenters. The number of nitrogens with zero attached hydrogens (tertiary/aromatic N) is 2. The van der Waals surface area contributed by atoms with Crippen LogP contribution in [0.3, 0.4) is 0 Å². The van der Waals surface area contributed by atoms with Crippen molar-refractivity contribution in [2.24, 2.45) is 0 Å². The van der Waals surface area contributed by atoms with Crippen LogP contribution >= 0.6 is 23.2 Å². The van der Waals surface area contributed by atoms with Crippen LogP contribution in [-0.4, -0.2) is 64.2 Å². The van der Waals surface area contributed by atoms with Crippen molar-refractivity contribution in [3.05, 3.63) is 28.2 Å². The molecule has 0 aliphatic carbocycles. The number of benzene rings is 1. The Hall–Kier alpha value is -1.02. The van der Waals surface area contributed by atoms with Crippen molar-refractivity contribution in [3.8, 4) is 0 Å². The molecule has 1 aliphatic heterocycles. The maximum absolute atomic E-state index is 12.9. The smallest absolute Gasteiger partial charge is 0.246 e. The predicted molar refractivity (Wildman–Crippen MR) is 101 cm³/mol. The molecule has 1 aromatic carbocycles. The Morgan fingerprint density at radius 1 is 1.32 bits per heavy atom. The van der Waals surface area contributed by atoms with E-state index in [9.17, 15) is 13.2 Å². The van der Waals surface area contributed by atoms with Crippen LogP contribution in [-0.2, 0) is 14.8 Å². The summed E-state index contributed by atoms with van der Waals surface area (Å²) >= 11 is 12.2. The SMILES string of the molecule is CC[NH+]1CCN(C(=O)[C@H](C)N(c2cc(Cl)ccc2Cl)S(C)(=O)=O)CC1. The molecule has 0 aromatic heterocycles.